The summed E-state index contributed by atoms with van der Waals surface area (Å²) in [5.74, 6) is -0.222. The predicted octanol–water partition coefficient (Wildman–Crippen LogP) is 1.24. The van der Waals surface area contributed by atoms with Crippen LogP contribution in [0, 0.1) is 5.82 Å². The zero-order valence-corrected chi connectivity index (χ0v) is 12.6. The number of nitrogens with one attached hydrogen (secondary N) is 2. The molecule has 6 nitrogen and oxygen atoms in total. The molecule has 0 aliphatic carbocycles. The Kier molecular flexibility index (Phi) is 4.77. The summed E-state index contributed by atoms with van der Waals surface area (Å²) in [5.41, 5.74) is 2.91. The SMILES string of the molecule is CNCc1n[nH]nc1CN1CCOC[C@@H]1c1ccc(F)cc1. The molecule has 0 bridgehead atoms. The lowest BCUT2D eigenvalue weighted by Crippen LogP contribution is -2.39. The molecule has 1 aromatic carbocycles. The molecular weight excluding hydrogens is 285 g/mol. The Hall–Kier alpha value is -1.83. The molecule has 1 aromatic heterocycles. The molecule has 2 heterocycles. The molecule has 7 heteroatoms. The van der Waals surface area contributed by atoms with Crippen LogP contribution in [-0.4, -0.2) is 47.1 Å². The van der Waals surface area contributed by atoms with Gasteiger partial charge in [-0.2, -0.15) is 15.4 Å². The molecule has 0 spiro atoms. The Morgan fingerprint density at radius 3 is 2.86 bits per heavy atom. The van der Waals surface area contributed by atoms with Gasteiger partial charge >= 0.3 is 0 Å². The molecule has 2 aromatic rings. The summed E-state index contributed by atoms with van der Waals surface area (Å²) in [5, 5.41) is 14.2. The Labute approximate surface area is 128 Å². The normalized spacial score (nSPS) is 19.5. The average molecular weight is 305 g/mol. The van der Waals surface area contributed by atoms with Crippen LogP contribution >= 0.6 is 0 Å². The highest BCUT2D eigenvalue weighted by atomic mass is 19.1. The van der Waals surface area contributed by atoms with Gasteiger partial charge in [0.15, 0.2) is 0 Å². The Bertz CT molecular complexity index is 600. The monoisotopic (exact) mass is 305 g/mol. The third-order valence-corrected chi connectivity index (χ3v) is 3.89. The third kappa shape index (κ3) is 3.32. The van der Waals surface area contributed by atoms with Crippen LogP contribution in [0.15, 0.2) is 24.3 Å². The van der Waals surface area contributed by atoms with Crippen LogP contribution in [0.2, 0.25) is 0 Å². The Morgan fingerprint density at radius 2 is 2.09 bits per heavy atom. The van der Waals surface area contributed by atoms with Crippen molar-refractivity contribution in [3.8, 4) is 0 Å². The minimum atomic E-state index is -0.222. The quantitative estimate of drug-likeness (QED) is 0.870. The summed E-state index contributed by atoms with van der Waals surface area (Å²) in [6, 6.07) is 6.72. The van der Waals surface area contributed by atoms with Crippen LogP contribution in [0.3, 0.4) is 0 Å². The highest BCUT2D eigenvalue weighted by molar-refractivity contribution is 5.21. The van der Waals surface area contributed by atoms with Crippen molar-refractivity contribution in [3.63, 3.8) is 0 Å². The Balaban J connectivity index is 1.77. The number of halogens is 1. The summed E-state index contributed by atoms with van der Waals surface area (Å²) >= 11 is 0. The van der Waals surface area contributed by atoms with Crippen molar-refractivity contribution in [2.24, 2.45) is 0 Å². The van der Waals surface area contributed by atoms with E-state index in [-0.39, 0.29) is 11.9 Å². The van der Waals surface area contributed by atoms with Crippen LogP contribution in [0.25, 0.3) is 0 Å². The number of aromatic nitrogens is 3. The smallest absolute Gasteiger partial charge is 0.123 e. The van der Waals surface area contributed by atoms with Crippen molar-refractivity contribution < 1.29 is 9.13 Å². The van der Waals surface area contributed by atoms with Crippen LogP contribution in [0.1, 0.15) is 23.0 Å². The zero-order chi connectivity index (χ0) is 15.4. The van der Waals surface area contributed by atoms with Crippen molar-refractivity contribution in [3.05, 3.63) is 47.0 Å². The predicted molar refractivity (Wildman–Crippen MR) is 79.5 cm³/mol. The lowest BCUT2D eigenvalue weighted by molar-refractivity contribution is -0.0134. The number of benzene rings is 1. The van der Waals surface area contributed by atoms with E-state index in [1.807, 2.05) is 19.2 Å². The fraction of sp³-hybridized carbons (Fsp3) is 0.467. The molecule has 22 heavy (non-hydrogen) atoms. The Morgan fingerprint density at radius 1 is 1.32 bits per heavy atom. The van der Waals surface area contributed by atoms with E-state index in [0.717, 1.165) is 23.5 Å². The summed E-state index contributed by atoms with van der Waals surface area (Å²) < 4.78 is 18.7. The minimum Gasteiger partial charge on any atom is -0.378 e. The van der Waals surface area contributed by atoms with Crippen LogP contribution in [0.5, 0.6) is 0 Å². The second kappa shape index (κ2) is 6.95. The van der Waals surface area contributed by atoms with Gasteiger partial charge in [0.2, 0.25) is 0 Å². The maximum absolute atomic E-state index is 13.1. The second-order valence-electron chi connectivity index (χ2n) is 5.36. The molecule has 1 atom stereocenters. The molecule has 1 aliphatic heterocycles. The van der Waals surface area contributed by atoms with E-state index < -0.39 is 0 Å². The molecule has 1 saturated heterocycles. The first kappa shape index (κ1) is 15.1. The van der Waals surface area contributed by atoms with E-state index in [0.29, 0.717) is 26.3 Å². The van der Waals surface area contributed by atoms with E-state index in [9.17, 15) is 4.39 Å². The van der Waals surface area contributed by atoms with Crippen LogP contribution in [-0.2, 0) is 17.8 Å². The third-order valence-electron chi connectivity index (χ3n) is 3.89. The van der Waals surface area contributed by atoms with E-state index >= 15 is 0 Å². The first-order valence-corrected chi connectivity index (χ1v) is 7.38. The number of rotatable bonds is 5. The highest BCUT2D eigenvalue weighted by Crippen LogP contribution is 2.26. The largest absolute Gasteiger partial charge is 0.378 e. The van der Waals surface area contributed by atoms with Gasteiger partial charge in [0.25, 0.3) is 0 Å². The molecule has 3 rings (SSSR count). The number of nitrogens with zero attached hydrogens (tertiary/aromatic N) is 3. The number of morpholine rings is 1. The molecule has 1 aliphatic rings. The topological polar surface area (TPSA) is 66.1 Å². The van der Waals surface area contributed by atoms with Crippen molar-refractivity contribution >= 4 is 0 Å². The van der Waals surface area contributed by atoms with Gasteiger partial charge in [-0.1, -0.05) is 12.1 Å². The first-order valence-electron chi connectivity index (χ1n) is 7.38. The lowest BCUT2D eigenvalue weighted by Gasteiger charge is -2.35. The van der Waals surface area contributed by atoms with E-state index in [4.69, 9.17) is 4.74 Å². The number of ether oxygens (including phenoxy) is 1. The average Bonchev–Trinajstić information content (AvgIpc) is 2.96. The molecule has 0 radical (unpaired) electrons. The van der Waals surface area contributed by atoms with E-state index in [1.54, 1.807) is 0 Å². The molecule has 0 unspecified atom stereocenters. The van der Waals surface area contributed by atoms with Crippen molar-refractivity contribution in [2.75, 3.05) is 26.8 Å². The van der Waals surface area contributed by atoms with Gasteiger partial charge in [-0.25, -0.2) is 4.39 Å². The summed E-state index contributed by atoms with van der Waals surface area (Å²) in [6.07, 6.45) is 0. The summed E-state index contributed by atoms with van der Waals surface area (Å²) in [7, 11) is 1.88. The van der Waals surface area contributed by atoms with Crippen molar-refractivity contribution in [2.45, 2.75) is 19.1 Å². The van der Waals surface area contributed by atoms with Gasteiger partial charge in [0.05, 0.1) is 19.3 Å². The van der Waals surface area contributed by atoms with Gasteiger partial charge in [0.1, 0.15) is 17.2 Å². The van der Waals surface area contributed by atoms with Gasteiger partial charge in [-0.3, -0.25) is 4.90 Å². The number of hydrogen-bond donors (Lipinski definition) is 2. The zero-order valence-electron chi connectivity index (χ0n) is 12.6. The maximum atomic E-state index is 13.1. The first-order chi connectivity index (χ1) is 10.8. The fourth-order valence-corrected chi connectivity index (χ4v) is 2.72. The molecule has 1 fully saturated rings. The van der Waals surface area contributed by atoms with Gasteiger partial charge in [-0.15, -0.1) is 0 Å². The number of H-pyrrole nitrogens is 1. The van der Waals surface area contributed by atoms with Crippen LogP contribution < -0.4 is 5.32 Å². The minimum absolute atomic E-state index is 0.105. The van der Waals surface area contributed by atoms with Crippen molar-refractivity contribution in [1.29, 1.82) is 0 Å². The molecule has 118 valence electrons. The molecule has 0 amide bonds. The van der Waals surface area contributed by atoms with Crippen molar-refractivity contribution in [1.82, 2.24) is 25.6 Å². The standard InChI is InChI=1S/C15H20FN5O/c1-17-8-13-14(19-20-18-13)9-21-6-7-22-10-15(21)11-2-4-12(16)5-3-11/h2-5,15,17H,6-10H2,1H3,(H,18,19,20)/t15-/m1/s1. The summed E-state index contributed by atoms with van der Waals surface area (Å²) in [6.45, 7) is 3.48. The van der Waals surface area contributed by atoms with Gasteiger partial charge in [-0.05, 0) is 24.7 Å². The van der Waals surface area contributed by atoms with Gasteiger partial charge in [0, 0.05) is 19.6 Å². The van der Waals surface area contributed by atoms with E-state index in [2.05, 4.69) is 25.6 Å². The second-order valence-corrected chi connectivity index (χ2v) is 5.36. The summed E-state index contributed by atoms with van der Waals surface area (Å²) in [4.78, 5) is 2.30. The highest BCUT2D eigenvalue weighted by Gasteiger charge is 2.26. The number of aromatic amines is 1. The molecule has 0 saturated carbocycles. The van der Waals surface area contributed by atoms with E-state index in [1.165, 1.54) is 12.1 Å². The maximum Gasteiger partial charge on any atom is 0.123 e. The number of hydrogen-bond acceptors (Lipinski definition) is 5. The fourth-order valence-electron chi connectivity index (χ4n) is 2.72. The van der Waals surface area contributed by atoms with Gasteiger partial charge < -0.3 is 10.1 Å². The van der Waals surface area contributed by atoms with Crippen LogP contribution in [0.4, 0.5) is 4.39 Å². The molecular formula is C15H20FN5O. The lowest BCUT2D eigenvalue weighted by atomic mass is 10.0. The molecule has 2 N–H and O–H groups in total.